The van der Waals surface area contributed by atoms with Crippen molar-refractivity contribution in [3.8, 4) is 0 Å². The van der Waals surface area contributed by atoms with Gasteiger partial charge >= 0.3 is 0 Å². The van der Waals surface area contributed by atoms with Gasteiger partial charge in [0.2, 0.25) is 0 Å². The lowest BCUT2D eigenvalue weighted by Gasteiger charge is -2.19. The Morgan fingerprint density at radius 3 is 2.31 bits per heavy atom. The second-order valence-electron chi connectivity index (χ2n) is 6.82. The number of benzene rings is 1. The highest BCUT2D eigenvalue weighted by Crippen LogP contribution is 2.19. The van der Waals surface area contributed by atoms with Crippen molar-refractivity contribution in [1.29, 1.82) is 0 Å². The molecular formula is C21H25N3O2. The molecule has 0 spiro atoms. The van der Waals surface area contributed by atoms with E-state index in [0.717, 1.165) is 55.6 Å². The first-order valence-corrected chi connectivity index (χ1v) is 9.20. The third kappa shape index (κ3) is 4.10. The summed E-state index contributed by atoms with van der Waals surface area (Å²) >= 11 is 0. The van der Waals surface area contributed by atoms with E-state index in [9.17, 15) is 9.59 Å². The summed E-state index contributed by atoms with van der Waals surface area (Å²) in [5.74, 6) is -0.391. The fraction of sp³-hybridized carbons (Fsp3) is 0.381. The molecule has 5 heteroatoms. The molecule has 1 saturated heterocycles. The number of amides is 2. The topological polar surface area (TPSA) is 62.3 Å². The van der Waals surface area contributed by atoms with Crippen molar-refractivity contribution in [2.24, 2.45) is 0 Å². The van der Waals surface area contributed by atoms with Crippen LogP contribution in [0.4, 0.5) is 5.69 Å². The molecule has 0 bridgehead atoms. The summed E-state index contributed by atoms with van der Waals surface area (Å²) in [4.78, 5) is 31.5. The molecule has 0 saturated carbocycles. The molecule has 2 amide bonds. The molecular weight excluding hydrogens is 326 g/mol. The molecule has 0 aliphatic carbocycles. The number of carbonyl (C=O) groups is 2. The number of likely N-dealkylation sites (tertiary alicyclic amines) is 1. The lowest BCUT2D eigenvalue weighted by atomic mass is 10.1. The van der Waals surface area contributed by atoms with E-state index in [-0.39, 0.29) is 17.5 Å². The van der Waals surface area contributed by atoms with E-state index >= 15 is 0 Å². The first-order chi connectivity index (χ1) is 12.6. The van der Waals surface area contributed by atoms with E-state index in [1.54, 1.807) is 18.2 Å². The van der Waals surface area contributed by atoms with Crippen LogP contribution < -0.4 is 5.32 Å². The van der Waals surface area contributed by atoms with Crippen LogP contribution >= 0.6 is 0 Å². The number of nitrogens with one attached hydrogen (secondary N) is 1. The van der Waals surface area contributed by atoms with Crippen LogP contribution in [0.5, 0.6) is 0 Å². The highest BCUT2D eigenvalue weighted by atomic mass is 16.2. The fourth-order valence-corrected chi connectivity index (χ4v) is 3.19. The van der Waals surface area contributed by atoms with E-state index in [4.69, 9.17) is 0 Å². The van der Waals surface area contributed by atoms with Crippen molar-refractivity contribution in [2.75, 3.05) is 18.4 Å². The van der Waals surface area contributed by atoms with Gasteiger partial charge in [-0.3, -0.25) is 9.59 Å². The number of hydrogen-bond donors (Lipinski definition) is 1. The zero-order chi connectivity index (χ0) is 18.5. The summed E-state index contributed by atoms with van der Waals surface area (Å²) < 4.78 is 0. The van der Waals surface area contributed by atoms with Gasteiger partial charge in [-0.05, 0) is 56.0 Å². The van der Waals surface area contributed by atoms with Crippen molar-refractivity contribution in [1.82, 2.24) is 9.88 Å². The minimum Gasteiger partial charge on any atom is -0.337 e. The molecule has 2 heterocycles. The van der Waals surface area contributed by atoms with Crippen molar-refractivity contribution >= 4 is 17.5 Å². The number of pyridine rings is 1. The number of nitrogens with zero attached hydrogens (tertiary/aromatic N) is 2. The summed E-state index contributed by atoms with van der Waals surface area (Å²) in [6.45, 7) is 5.50. The average molecular weight is 351 g/mol. The standard InChI is InChI=1S/C21H25N3O2/c1-15-9-7-10-17(16(15)2)23-20(25)18-11-8-12-19(22-18)21(26)24-13-5-3-4-6-14-24/h7-12H,3-6,13-14H2,1-2H3,(H,23,25). The Labute approximate surface area is 154 Å². The van der Waals surface area contributed by atoms with Crippen molar-refractivity contribution in [3.63, 3.8) is 0 Å². The molecule has 2 aromatic rings. The van der Waals surface area contributed by atoms with Crippen LogP contribution in [-0.4, -0.2) is 34.8 Å². The van der Waals surface area contributed by atoms with Crippen LogP contribution in [0.1, 0.15) is 57.8 Å². The molecule has 5 nitrogen and oxygen atoms in total. The van der Waals surface area contributed by atoms with Gasteiger partial charge in [-0.25, -0.2) is 4.98 Å². The van der Waals surface area contributed by atoms with E-state index < -0.39 is 0 Å². The van der Waals surface area contributed by atoms with Crippen molar-refractivity contribution in [3.05, 3.63) is 58.9 Å². The quantitative estimate of drug-likeness (QED) is 0.910. The SMILES string of the molecule is Cc1cccc(NC(=O)c2cccc(C(=O)N3CCCCCC3)n2)c1C. The van der Waals surface area contributed by atoms with Gasteiger partial charge in [0.15, 0.2) is 0 Å². The molecule has 1 aliphatic rings. The van der Waals surface area contributed by atoms with Crippen LogP contribution in [0.2, 0.25) is 0 Å². The number of aryl methyl sites for hydroxylation is 1. The number of aromatic nitrogens is 1. The molecule has 0 radical (unpaired) electrons. The minimum atomic E-state index is -0.302. The predicted octanol–water partition coefficient (Wildman–Crippen LogP) is 3.97. The molecule has 1 N–H and O–H groups in total. The average Bonchev–Trinajstić information content (AvgIpc) is 2.94. The molecule has 1 aromatic heterocycles. The molecule has 1 aliphatic heterocycles. The Bertz CT molecular complexity index is 809. The summed E-state index contributed by atoms with van der Waals surface area (Å²) in [6.07, 6.45) is 4.38. The normalized spacial score (nSPS) is 14.6. The Morgan fingerprint density at radius 2 is 1.58 bits per heavy atom. The Kier molecular flexibility index (Phi) is 5.66. The maximum absolute atomic E-state index is 12.7. The third-order valence-corrected chi connectivity index (χ3v) is 4.95. The zero-order valence-corrected chi connectivity index (χ0v) is 15.4. The van der Waals surface area contributed by atoms with Gasteiger partial charge in [0.25, 0.3) is 11.8 Å². The van der Waals surface area contributed by atoms with Gasteiger partial charge < -0.3 is 10.2 Å². The molecule has 1 fully saturated rings. The molecule has 1 aromatic carbocycles. The number of anilines is 1. The van der Waals surface area contributed by atoms with Gasteiger partial charge in [-0.2, -0.15) is 0 Å². The second kappa shape index (κ2) is 8.13. The van der Waals surface area contributed by atoms with E-state index in [2.05, 4.69) is 10.3 Å². The Morgan fingerprint density at radius 1 is 0.923 bits per heavy atom. The summed E-state index contributed by atoms with van der Waals surface area (Å²) in [6, 6.07) is 10.8. The summed E-state index contributed by atoms with van der Waals surface area (Å²) in [5.41, 5.74) is 3.49. The zero-order valence-electron chi connectivity index (χ0n) is 15.4. The largest absolute Gasteiger partial charge is 0.337 e. The predicted molar refractivity (Wildman–Crippen MR) is 102 cm³/mol. The smallest absolute Gasteiger partial charge is 0.274 e. The van der Waals surface area contributed by atoms with E-state index in [0.29, 0.717) is 5.69 Å². The Balaban J connectivity index is 1.76. The van der Waals surface area contributed by atoms with Gasteiger partial charge in [-0.15, -0.1) is 0 Å². The van der Waals surface area contributed by atoms with Crippen LogP contribution in [0, 0.1) is 13.8 Å². The van der Waals surface area contributed by atoms with Crippen LogP contribution in [0.25, 0.3) is 0 Å². The monoisotopic (exact) mass is 351 g/mol. The minimum absolute atomic E-state index is 0.0895. The molecule has 0 unspecified atom stereocenters. The molecule has 26 heavy (non-hydrogen) atoms. The fourth-order valence-electron chi connectivity index (χ4n) is 3.19. The van der Waals surface area contributed by atoms with Crippen LogP contribution in [-0.2, 0) is 0 Å². The van der Waals surface area contributed by atoms with Gasteiger partial charge in [0.05, 0.1) is 0 Å². The third-order valence-electron chi connectivity index (χ3n) is 4.95. The maximum atomic E-state index is 12.7. The number of rotatable bonds is 3. The second-order valence-corrected chi connectivity index (χ2v) is 6.82. The first kappa shape index (κ1) is 18.1. The van der Waals surface area contributed by atoms with Crippen LogP contribution in [0.3, 0.4) is 0 Å². The van der Waals surface area contributed by atoms with Crippen molar-refractivity contribution in [2.45, 2.75) is 39.5 Å². The lowest BCUT2D eigenvalue weighted by Crippen LogP contribution is -2.32. The molecule has 0 atom stereocenters. The van der Waals surface area contributed by atoms with Crippen molar-refractivity contribution < 1.29 is 9.59 Å². The first-order valence-electron chi connectivity index (χ1n) is 9.20. The van der Waals surface area contributed by atoms with Gasteiger partial charge in [-0.1, -0.05) is 31.0 Å². The molecule has 136 valence electrons. The summed E-state index contributed by atoms with van der Waals surface area (Å²) in [7, 11) is 0. The van der Waals surface area contributed by atoms with E-state index in [1.807, 2.05) is 36.9 Å². The van der Waals surface area contributed by atoms with Gasteiger partial charge in [0, 0.05) is 18.8 Å². The molecule has 3 rings (SSSR count). The van der Waals surface area contributed by atoms with Crippen LogP contribution in [0.15, 0.2) is 36.4 Å². The van der Waals surface area contributed by atoms with E-state index in [1.165, 1.54) is 0 Å². The van der Waals surface area contributed by atoms with Gasteiger partial charge in [0.1, 0.15) is 11.4 Å². The maximum Gasteiger partial charge on any atom is 0.274 e. The highest BCUT2D eigenvalue weighted by Gasteiger charge is 2.20. The Hall–Kier alpha value is -2.69. The number of carbonyl (C=O) groups excluding carboxylic acids is 2. The highest BCUT2D eigenvalue weighted by molar-refractivity contribution is 6.04. The number of hydrogen-bond acceptors (Lipinski definition) is 3. The summed E-state index contributed by atoms with van der Waals surface area (Å²) in [5, 5.41) is 2.90. The lowest BCUT2D eigenvalue weighted by molar-refractivity contribution is 0.0755.